The third kappa shape index (κ3) is 5.69. The number of hydrogen-bond acceptors (Lipinski definition) is 9. The van der Waals surface area contributed by atoms with E-state index in [1.807, 2.05) is 74.4 Å². The molecule has 3 aromatic heterocycles. The first kappa shape index (κ1) is 28.8. The van der Waals surface area contributed by atoms with Crippen LogP contribution in [0, 0.1) is 10.1 Å². The summed E-state index contributed by atoms with van der Waals surface area (Å²) < 4.78 is 7.72. The van der Waals surface area contributed by atoms with Gasteiger partial charge in [0.05, 0.1) is 34.1 Å². The number of nitro groups is 1. The fourth-order valence-electron chi connectivity index (χ4n) is 4.96. The number of methoxy groups -OCH3 is 1. The summed E-state index contributed by atoms with van der Waals surface area (Å²) >= 11 is 6.31. The number of nitro benzene ring substituents is 1. The van der Waals surface area contributed by atoms with E-state index in [0.717, 1.165) is 34.3 Å². The van der Waals surface area contributed by atoms with Crippen molar-refractivity contribution in [3.8, 4) is 28.3 Å². The number of aryl methyl sites for hydroxylation is 1. The summed E-state index contributed by atoms with van der Waals surface area (Å²) in [6.45, 7) is 1.34. The molecule has 0 radical (unpaired) electrons. The maximum atomic E-state index is 12.1. The molecule has 216 valence electrons. The van der Waals surface area contributed by atoms with E-state index >= 15 is 0 Å². The molecule has 1 N–H and O–H groups in total. The molecule has 0 bridgehead atoms. The van der Waals surface area contributed by atoms with Crippen molar-refractivity contribution in [3.05, 3.63) is 82.3 Å². The van der Waals surface area contributed by atoms with E-state index in [0.29, 0.717) is 34.4 Å². The Bertz CT molecular complexity index is 1770. The minimum atomic E-state index is -0.398. The van der Waals surface area contributed by atoms with Crippen LogP contribution in [0.15, 0.2) is 67.1 Å². The van der Waals surface area contributed by atoms with Gasteiger partial charge in [-0.1, -0.05) is 29.8 Å². The lowest BCUT2D eigenvalue weighted by atomic mass is 10.0. The molecule has 0 spiro atoms. The highest BCUT2D eigenvalue weighted by Gasteiger charge is 2.24. The van der Waals surface area contributed by atoms with Gasteiger partial charge in [-0.05, 0) is 32.3 Å². The minimum absolute atomic E-state index is 0.0551. The molecule has 0 saturated heterocycles. The number of likely N-dealkylation sites (N-methyl/N-ethyl adjacent to an activating group) is 2. The van der Waals surface area contributed by atoms with E-state index in [1.165, 1.54) is 13.2 Å². The zero-order chi connectivity index (χ0) is 30.0. The van der Waals surface area contributed by atoms with E-state index in [2.05, 4.69) is 19.9 Å². The van der Waals surface area contributed by atoms with Crippen LogP contribution in [0.25, 0.3) is 33.4 Å². The molecular weight excluding hydrogens is 556 g/mol. The van der Waals surface area contributed by atoms with E-state index < -0.39 is 4.92 Å². The summed E-state index contributed by atoms with van der Waals surface area (Å²) in [6, 6.07) is 14.9. The van der Waals surface area contributed by atoms with E-state index in [-0.39, 0.29) is 11.6 Å². The van der Waals surface area contributed by atoms with Crippen LogP contribution in [0.4, 0.5) is 23.0 Å². The number of halogens is 1. The third-order valence-corrected chi connectivity index (χ3v) is 7.24. The van der Waals surface area contributed by atoms with E-state index in [4.69, 9.17) is 21.3 Å². The first-order valence-electron chi connectivity index (χ1n) is 13.2. The van der Waals surface area contributed by atoms with Crippen molar-refractivity contribution in [3.63, 3.8) is 0 Å². The average molecular weight is 587 g/mol. The second kappa shape index (κ2) is 12.0. The van der Waals surface area contributed by atoms with Gasteiger partial charge in [-0.3, -0.25) is 15.1 Å². The van der Waals surface area contributed by atoms with Crippen molar-refractivity contribution in [2.24, 2.45) is 7.05 Å². The fraction of sp³-hybridized carbons (Fsp3) is 0.233. The van der Waals surface area contributed by atoms with Crippen LogP contribution in [0.2, 0.25) is 5.02 Å². The summed E-state index contributed by atoms with van der Waals surface area (Å²) in [6.07, 6.45) is 5.01. The molecular formula is C30H31ClN8O3. The van der Waals surface area contributed by atoms with Crippen molar-refractivity contribution in [1.82, 2.24) is 24.4 Å². The quantitative estimate of drug-likeness (QED) is 0.155. The van der Waals surface area contributed by atoms with Gasteiger partial charge in [0.25, 0.3) is 5.69 Å². The summed E-state index contributed by atoms with van der Waals surface area (Å²) in [5.41, 5.74) is 5.08. The Hall–Kier alpha value is -4.74. The lowest BCUT2D eigenvalue weighted by molar-refractivity contribution is -0.384. The molecule has 0 aliphatic heterocycles. The highest BCUT2D eigenvalue weighted by Crippen LogP contribution is 2.41. The van der Waals surface area contributed by atoms with E-state index in [9.17, 15) is 10.1 Å². The zero-order valence-corrected chi connectivity index (χ0v) is 24.8. The minimum Gasteiger partial charge on any atom is -0.494 e. The van der Waals surface area contributed by atoms with Crippen molar-refractivity contribution in [2.45, 2.75) is 0 Å². The number of nitrogens with zero attached hydrogens (tertiary/aromatic N) is 7. The highest BCUT2D eigenvalue weighted by molar-refractivity contribution is 6.30. The topological polar surface area (TPSA) is 114 Å². The van der Waals surface area contributed by atoms with Gasteiger partial charge in [0.15, 0.2) is 0 Å². The highest BCUT2D eigenvalue weighted by atomic mass is 35.5. The zero-order valence-electron chi connectivity index (χ0n) is 24.0. The Morgan fingerprint density at radius 1 is 1.10 bits per heavy atom. The third-order valence-electron chi connectivity index (χ3n) is 7.03. The standard InChI is InChI=1S/C30H31ClN8O3/c1-36(2)12-13-37(3)25-16-27(42-5)23(15-26(25)39(40)41)35-30-33-11-10-22(34-30)28-21-8-6-7-9-24(21)38(4)29(28)19-14-20(31)18-32-17-19/h6-11,14-18H,12-13H2,1-5H3,(H,33,34,35). The van der Waals surface area contributed by atoms with Crippen LogP contribution in [0.3, 0.4) is 0 Å². The monoisotopic (exact) mass is 586 g/mol. The lowest BCUT2D eigenvalue weighted by Crippen LogP contribution is -2.28. The largest absolute Gasteiger partial charge is 0.494 e. The number of para-hydroxylation sites is 1. The molecule has 2 aromatic carbocycles. The van der Waals surface area contributed by atoms with Crippen molar-refractivity contribution in [2.75, 3.05) is 51.6 Å². The Labute approximate surface area is 248 Å². The molecule has 11 nitrogen and oxygen atoms in total. The number of anilines is 3. The van der Waals surface area contributed by atoms with Crippen LogP contribution in [-0.4, -0.2) is 70.7 Å². The molecule has 0 fully saturated rings. The van der Waals surface area contributed by atoms with Crippen LogP contribution in [-0.2, 0) is 7.05 Å². The predicted octanol–water partition coefficient (Wildman–Crippen LogP) is 6.01. The second-order valence-corrected chi connectivity index (χ2v) is 10.5. The smallest absolute Gasteiger partial charge is 0.294 e. The van der Waals surface area contributed by atoms with Gasteiger partial charge in [0, 0.05) is 79.9 Å². The molecule has 12 heteroatoms. The molecule has 42 heavy (non-hydrogen) atoms. The summed E-state index contributed by atoms with van der Waals surface area (Å²) in [4.78, 5) is 29.1. The van der Waals surface area contributed by atoms with Gasteiger partial charge >= 0.3 is 0 Å². The Balaban J connectivity index is 1.59. The first-order valence-corrected chi connectivity index (χ1v) is 13.6. The number of hydrogen-bond donors (Lipinski definition) is 1. The molecule has 5 rings (SSSR count). The van der Waals surface area contributed by atoms with Gasteiger partial charge in [-0.2, -0.15) is 0 Å². The van der Waals surface area contributed by atoms with Gasteiger partial charge in [0.2, 0.25) is 5.95 Å². The molecule has 3 heterocycles. The van der Waals surface area contributed by atoms with Crippen molar-refractivity contribution in [1.29, 1.82) is 0 Å². The van der Waals surface area contributed by atoms with E-state index in [1.54, 1.807) is 24.7 Å². The van der Waals surface area contributed by atoms with Gasteiger partial charge in [-0.15, -0.1) is 0 Å². The Morgan fingerprint density at radius 2 is 1.88 bits per heavy atom. The molecule has 0 amide bonds. The second-order valence-electron chi connectivity index (χ2n) is 10.1. The first-order chi connectivity index (χ1) is 20.2. The number of fused-ring (bicyclic) bond motifs is 1. The van der Waals surface area contributed by atoms with Crippen LogP contribution in [0.1, 0.15) is 0 Å². The SMILES string of the molecule is COc1cc(N(C)CCN(C)C)c([N+](=O)[O-])cc1Nc1nccc(-c2c(-c3cncc(Cl)c3)n(C)c3ccccc23)n1. The number of pyridine rings is 1. The van der Waals surface area contributed by atoms with Crippen LogP contribution >= 0.6 is 11.6 Å². The number of ether oxygens (including phenoxy) is 1. The van der Waals surface area contributed by atoms with Crippen molar-refractivity contribution >= 4 is 45.5 Å². The normalized spacial score (nSPS) is 11.2. The number of benzene rings is 2. The predicted molar refractivity (Wildman–Crippen MR) is 167 cm³/mol. The number of rotatable bonds is 10. The molecule has 0 saturated carbocycles. The van der Waals surface area contributed by atoms with Crippen LogP contribution in [0.5, 0.6) is 5.75 Å². The lowest BCUT2D eigenvalue weighted by Gasteiger charge is -2.22. The summed E-state index contributed by atoms with van der Waals surface area (Å²) in [7, 11) is 9.24. The van der Waals surface area contributed by atoms with Crippen LogP contribution < -0.4 is 15.0 Å². The summed E-state index contributed by atoms with van der Waals surface area (Å²) in [5.74, 6) is 0.689. The average Bonchev–Trinajstić information content (AvgIpc) is 3.28. The van der Waals surface area contributed by atoms with Gasteiger partial charge in [-0.25, -0.2) is 9.97 Å². The fourth-order valence-corrected chi connectivity index (χ4v) is 5.13. The van der Waals surface area contributed by atoms with Crippen molar-refractivity contribution < 1.29 is 9.66 Å². The number of aromatic nitrogens is 4. The van der Waals surface area contributed by atoms with Gasteiger partial charge < -0.3 is 24.4 Å². The van der Waals surface area contributed by atoms with Gasteiger partial charge in [0.1, 0.15) is 11.4 Å². The maximum absolute atomic E-state index is 12.1. The molecule has 0 atom stereocenters. The molecule has 0 aliphatic carbocycles. The maximum Gasteiger partial charge on any atom is 0.294 e. The molecule has 0 aliphatic rings. The molecule has 5 aromatic rings. The Morgan fingerprint density at radius 3 is 2.60 bits per heavy atom. The Kier molecular flexibility index (Phi) is 8.23. The molecule has 0 unspecified atom stereocenters. The number of nitrogens with one attached hydrogen (secondary N) is 1. The summed E-state index contributed by atoms with van der Waals surface area (Å²) in [5, 5.41) is 16.8.